The van der Waals surface area contributed by atoms with Crippen LogP contribution >= 0.6 is 0 Å². The number of para-hydroxylation sites is 2. The summed E-state index contributed by atoms with van der Waals surface area (Å²) in [5, 5.41) is 9.02. The number of rotatable bonds is 3. The number of fused-ring (bicyclic) bond motifs is 1. The van der Waals surface area contributed by atoms with Crippen LogP contribution in [0.5, 0.6) is 5.75 Å². The molecule has 1 amide bonds. The largest absolute Gasteiger partial charge is 0.478 e. The third-order valence-corrected chi connectivity index (χ3v) is 4.05. The van der Waals surface area contributed by atoms with Crippen LogP contribution in [0.4, 0.5) is 10.5 Å². The molecule has 0 spiro atoms. The van der Waals surface area contributed by atoms with Crippen molar-refractivity contribution < 1.29 is 32.6 Å². The maximum absolute atomic E-state index is 12.2. The van der Waals surface area contributed by atoms with E-state index in [1.54, 1.807) is 16.9 Å². The van der Waals surface area contributed by atoms with E-state index in [1.165, 1.54) is 12.1 Å². The number of hydrogen-bond acceptors (Lipinski definition) is 6. The molecule has 21 heavy (non-hydrogen) atoms. The van der Waals surface area contributed by atoms with E-state index in [0.29, 0.717) is 0 Å². The molecule has 2 rings (SSSR count). The molecule has 1 unspecified atom stereocenters. The molecule has 0 saturated carbocycles. The van der Waals surface area contributed by atoms with Gasteiger partial charge in [0.15, 0.2) is 0 Å². The number of carbonyl (C=O) groups is 2. The molecular weight excluding hydrogens is 304 g/mol. The number of hydrogen-bond donors (Lipinski definition) is 2. The molecule has 114 valence electrons. The van der Waals surface area contributed by atoms with Crippen molar-refractivity contribution in [2.45, 2.75) is 6.10 Å². The van der Waals surface area contributed by atoms with Crippen molar-refractivity contribution in [2.24, 2.45) is 0 Å². The average molecular weight is 316 g/mol. The second-order valence-corrected chi connectivity index (χ2v) is 5.64. The zero-order chi connectivity index (χ0) is 15.6. The van der Waals surface area contributed by atoms with Gasteiger partial charge >= 0.3 is 22.3 Å². The monoisotopic (exact) mass is 316 g/mol. The van der Waals surface area contributed by atoms with Crippen LogP contribution in [-0.4, -0.2) is 45.3 Å². The molecule has 1 heterocycles. The van der Waals surface area contributed by atoms with Crippen molar-refractivity contribution >= 4 is 28.0 Å². The van der Waals surface area contributed by atoms with Gasteiger partial charge in [-0.3, -0.25) is 0 Å². The van der Waals surface area contributed by atoms with Gasteiger partial charge in [0.05, 0.1) is 19.3 Å². The Morgan fingerprint density at radius 1 is 1.43 bits per heavy atom. The number of nitrogens with one attached hydrogen (secondary N) is 1. The zero-order valence-electron chi connectivity index (χ0n) is 10.8. The maximum Gasteiger partial charge on any atom is 0.422 e. The fraction of sp³-hybridized carbons (Fsp3) is 0.273. The summed E-state index contributed by atoms with van der Waals surface area (Å²) in [6, 6.07) is 6.00. The summed E-state index contributed by atoms with van der Waals surface area (Å²) in [5.41, 5.74) is 0.131. The van der Waals surface area contributed by atoms with Gasteiger partial charge in [0, 0.05) is 0 Å². The number of carboxylic acid groups (broad SMARTS) is 1. The Kier molecular flexibility index (Phi) is 3.89. The van der Waals surface area contributed by atoms with Gasteiger partial charge in [0.1, 0.15) is 5.75 Å². The van der Waals surface area contributed by atoms with E-state index >= 15 is 0 Å². The van der Waals surface area contributed by atoms with Gasteiger partial charge in [-0.2, -0.15) is 8.42 Å². The van der Waals surface area contributed by atoms with Crippen LogP contribution in [0.3, 0.4) is 0 Å². The first-order valence-corrected chi connectivity index (χ1v) is 7.16. The number of carbonyl (C=O) groups excluding carboxylic acids is 1. The topological polar surface area (TPSA) is 122 Å². The van der Waals surface area contributed by atoms with Crippen LogP contribution in [0.15, 0.2) is 24.3 Å². The Bertz CT molecular complexity index is 673. The Morgan fingerprint density at radius 3 is 2.71 bits per heavy atom. The fourth-order valence-electron chi connectivity index (χ4n) is 1.76. The summed E-state index contributed by atoms with van der Waals surface area (Å²) in [6.07, 6.45) is -2.56. The molecule has 1 aliphatic rings. The highest BCUT2D eigenvalue weighted by Gasteiger charge is 2.37. The van der Waals surface area contributed by atoms with Crippen LogP contribution in [0.2, 0.25) is 0 Å². The average Bonchev–Trinajstić information content (AvgIpc) is 2.45. The molecule has 1 aromatic carbocycles. The highest BCUT2D eigenvalue weighted by atomic mass is 32.2. The van der Waals surface area contributed by atoms with Crippen LogP contribution in [0.25, 0.3) is 0 Å². The molecular formula is C11H12N2O7S. The molecule has 1 aliphatic heterocycles. The molecule has 1 aromatic rings. The van der Waals surface area contributed by atoms with Crippen LogP contribution < -0.4 is 13.8 Å². The van der Waals surface area contributed by atoms with E-state index in [2.05, 4.69) is 4.74 Å². The molecule has 9 nitrogen and oxygen atoms in total. The number of carboxylic acids is 1. The molecule has 0 bridgehead atoms. The van der Waals surface area contributed by atoms with Gasteiger partial charge in [-0.25, -0.2) is 18.6 Å². The quantitative estimate of drug-likeness (QED) is 0.801. The molecule has 0 aromatic heterocycles. The van der Waals surface area contributed by atoms with E-state index < -0.39 is 34.9 Å². The van der Waals surface area contributed by atoms with E-state index in [4.69, 9.17) is 9.84 Å². The summed E-state index contributed by atoms with van der Waals surface area (Å²) in [6.45, 7) is -0.474. The molecule has 1 atom stereocenters. The van der Waals surface area contributed by atoms with Crippen molar-refractivity contribution in [2.75, 3.05) is 18.0 Å². The number of amides is 1. The smallest absolute Gasteiger partial charge is 0.422 e. The molecule has 10 heteroatoms. The third kappa shape index (κ3) is 2.99. The molecule has 0 fully saturated rings. The summed E-state index contributed by atoms with van der Waals surface area (Å²) < 4.78 is 36.2. The van der Waals surface area contributed by atoms with Crippen LogP contribution in [0.1, 0.15) is 0 Å². The van der Waals surface area contributed by atoms with E-state index in [1.807, 2.05) is 0 Å². The minimum Gasteiger partial charge on any atom is -0.478 e. The molecule has 0 aliphatic carbocycles. The standard InChI is InChI=1S/C11H12N2O7S/c1-19-11(16)12-21(17,18)13-6-9(10(14)15)20-8-5-3-2-4-7(8)13/h2-5,9H,6H2,1H3,(H,12,16)(H,14,15). The second kappa shape index (κ2) is 5.48. The third-order valence-electron chi connectivity index (χ3n) is 2.70. The fourth-order valence-corrected chi connectivity index (χ4v) is 2.91. The first-order valence-electron chi connectivity index (χ1n) is 5.72. The highest BCUT2D eigenvalue weighted by molar-refractivity contribution is 7.91. The lowest BCUT2D eigenvalue weighted by molar-refractivity contribution is -0.144. The lowest BCUT2D eigenvalue weighted by atomic mass is 10.2. The normalized spacial score (nSPS) is 17.4. The number of nitrogens with zero attached hydrogens (tertiary/aromatic N) is 1. The first kappa shape index (κ1) is 14.9. The van der Waals surface area contributed by atoms with E-state index in [9.17, 15) is 18.0 Å². The van der Waals surface area contributed by atoms with E-state index in [0.717, 1.165) is 11.4 Å². The summed E-state index contributed by atoms with van der Waals surface area (Å²) in [5.74, 6) is -1.23. The van der Waals surface area contributed by atoms with Crippen LogP contribution in [0, 0.1) is 0 Å². The van der Waals surface area contributed by atoms with Crippen molar-refractivity contribution in [3.8, 4) is 5.75 Å². The maximum atomic E-state index is 12.2. The van der Waals surface area contributed by atoms with Gasteiger partial charge in [0.2, 0.25) is 6.10 Å². The minimum absolute atomic E-state index is 0.0893. The van der Waals surface area contributed by atoms with Gasteiger partial charge in [-0.05, 0) is 12.1 Å². The minimum atomic E-state index is -4.31. The Labute approximate surface area is 120 Å². The van der Waals surface area contributed by atoms with Gasteiger partial charge in [-0.15, -0.1) is 0 Å². The molecule has 0 radical (unpaired) electrons. The predicted molar refractivity (Wildman–Crippen MR) is 70.3 cm³/mol. The summed E-state index contributed by atoms with van der Waals surface area (Å²) >= 11 is 0. The van der Waals surface area contributed by atoms with Gasteiger partial charge in [-0.1, -0.05) is 12.1 Å². The molecule has 0 saturated heterocycles. The number of ether oxygens (including phenoxy) is 2. The van der Waals surface area contributed by atoms with Crippen molar-refractivity contribution in [1.29, 1.82) is 0 Å². The number of aliphatic carboxylic acids is 1. The second-order valence-electron chi connectivity index (χ2n) is 4.04. The lowest BCUT2D eigenvalue weighted by Gasteiger charge is -2.33. The SMILES string of the molecule is COC(=O)NS(=O)(=O)N1CC(C(=O)O)Oc2ccccc21. The Balaban J connectivity index is 2.42. The summed E-state index contributed by atoms with van der Waals surface area (Å²) in [7, 11) is -3.30. The Hall–Kier alpha value is -2.49. The van der Waals surface area contributed by atoms with Gasteiger partial charge < -0.3 is 14.6 Å². The number of methoxy groups -OCH3 is 1. The Morgan fingerprint density at radius 2 is 2.10 bits per heavy atom. The number of benzene rings is 1. The van der Waals surface area contributed by atoms with Crippen molar-refractivity contribution in [1.82, 2.24) is 4.72 Å². The van der Waals surface area contributed by atoms with Gasteiger partial charge in [0.25, 0.3) is 0 Å². The number of anilines is 1. The summed E-state index contributed by atoms with van der Waals surface area (Å²) in [4.78, 5) is 22.2. The predicted octanol–water partition coefficient (Wildman–Crippen LogP) is -0.0606. The van der Waals surface area contributed by atoms with Crippen LogP contribution in [-0.2, 0) is 19.7 Å². The van der Waals surface area contributed by atoms with Crippen molar-refractivity contribution in [3.63, 3.8) is 0 Å². The lowest BCUT2D eigenvalue weighted by Crippen LogP contribution is -2.51. The molecule has 2 N–H and O–H groups in total. The first-order chi connectivity index (χ1) is 9.85. The highest BCUT2D eigenvalue weighted by Crippen LogP contribution is 2.34. The zero-order valence-corrected chi connectivity index (χ0v) is 11.7. The van der Waals surface area contributed by atoms with Crippen molar-refractivity contribution in [3.05, 3.63) is 24.3 Å². The van der Waals surface area contributed by atoms with E-state index in [-0.39, 0.29) is 11.4 Å².